The molecule has 0 aliphatic rings. The van der Waals surface area contributed by atoms with Crippen LogP contribution in [0.1, 0.15) is 5.56 Å². The number of rotatable bonds is 7. The highest BCUT2D eigenvalue weighted by Gasteiger charge is 2.26. The van der Waals surface area contributed by atoms with Crippen LogP contribution in [0.25, 0.3) is 0 Å². The Morgan fingerprint density at radius 2 is 1.88 bits per heavy atom. The van der Waals surface area contributed by atoms with E-state index in [0.29, 0.717) is 6.29 Å². The van der Waals surface area contributed by atoms with Crippen LogP contribution in [0.2, 0.25) is 0 Å². The topological polar surface area (TPSA) is 87.0 Å². The maximum Gasteiger partial charge on any atom is 0.151 e. The second-order valence-electron chi connectivity index (χ2n) is 3.64. The molecule has 0 aliphatic heterocycles. The molecule has 0 aliphatic carbocycles. The molecule has 0 fully saturated rings. The van der Waals surface area contributed by atoms with E-state index in [1.807, 2.05) is 30.3 Å². The number of hydrogen-bond acceptors (Lipinski definition) is 5. The summed E-state index contributed by atoms with van der Waals surface area (Å²) in [5.41, 5.74) is 0.852. The minimum atomic E-state index is -1.43. The smallest absolute Gasteiger partial charge is 0.151 e. The van der Waals surface area contributed by atoms with Crippen LogP contribution in [-0.2, 0) is 16.1 Å². The Bertz CT molecular complexity index is 327. The van der Waals surface area contributed by atoms with E-state index in [9.17, 15) is 15.0 Å². The van der Waals surface area contributed by atoms with Gasteiger partial charge in [0, 0.05) is 0 Å². The molecular weight excluding hydrogens is 224 g/mol. The van der Waals surface area contributed by atoms with Crippen LogP contribution in [0.4, 0.5) is 0 Å². The molecule has 0 heterocycles. The summed E-state index contributed by atoms with van der Waals surface area (Å²) in [7, 11) is 0. The molecule has 0 amide bonds. The summed E-state index contributed by atoms with van der Waals surface area (Å²) in [4.78, 5) is 10.7. The van der Waals surface area contributed by atoms with E-state index in [0.717, 1.165) is 5.56 Å². The van der Waals surface area contributed by atoms with Crippen molar-refractivity contribution in [2.45, 2.75) is 24.9 Å². The van der Waals surface area contributed by atoms with Gasteiger partial charge in [-0.15, -0.1) is 0 Å². The van der Waals surface area contributed by atoms with Crippen LogP contribution in [0.3, 0.4) is 0 Å². The number of benzene rings is 1. The molecule has 94 valence electrons. The Kier molecular flexibility index (Phi) is 5.79. The van der Waals surface area contributed by atoms with E-state index in [-0.39, 0.29) is 6.61 Å². The molecule has 0 saturated heterocycles. The Labute approximate surface area is 99.3 Å². The van der Waals surface area contributed by atoms with Gasteiger partial charge in [0.1, 0.15) is 18.3 Å². The molecule has 3 N–H and O–H groups in total. The lowest BCUT2D eigenvalue weighted by Gasteiger charge is -2.21. The standard InChI is InChI=1S/C12H16O5/c13-6-10(15)12(16)11(7-14)17-8-9-4-2-1-3-5-9/h1-5,7,10-13,15-16H,6,8H2/t10-,11+,12-/m1/s1. The van der Waals surface area contributed by atoms with Crippen molar-refractivity contribution < 1.29 is 24.9 Å². The Morgan fingerprint density at radius 3 is 2.41 bits per heavy atom. The number of hydrogen-bond donors (Lipinski definition) is 3. The van der Waals surface area contributed by atoms with E-state index >= 15 is 0 Å². The number of carbonyl (C=O) groups excluding carboxylic acids is 1. The molecule has 0 saturated carbocycles. The van der Waals surface area contributed by atoms with Crippen molar-refractivity contribution in [1.82, 2.24) is 0 Å². The highest BCUT2D eigenvalue weighted by atomic mass is 16.5. The van der Waals surface area contributed by atoms with E-state index < -0.39 is 24.9 Å². The van der Waals surface area contributed by atoms with Gasteiger partial charge in [-0.3, -0.25) is 0 Å². The maximum absolute atomic E-state index is 10.7. The Morgan fingerprint density at radius 1 is 1.24 bits per heavy atom. The molecule has 0 bridgehead atoms. The zero-order valence-electron chi connectivity index (χ0n) is 9.27. The van der Waals surface area contributed by atoms with Crippen molar-refractivity contribution in [1.29, 1.82) is 0 Å². The normalized spacial score (nSPS) is 16.2. The largest absolute Gasteiger partial charge is 0.394 e. The van der Waals surface area contributed by atoms with Gasteiger partial charge in [0.15, 0.2) is 6.29 Å². The quantitative estimate of drug-likeness (QED) is 0.558. The molecule has 17 heavy (non-hydrogen) atoms. The minimum absolute atomic E-state index is 0.152. The summed E-state index contributed by atoms with van der Waals surface area (Å²) < 4.78 is 5.17. The summed E-state index contributed by atoms with van der Waals surface area (Å²) in [5.74, 6) is 0. The summed E-state index contributed by atoms with van der Waals surface area (Å²) in [6, 6.07) is 9.14. The summed E-state index contributed by atoms with van der Waals surface area (Å²) in [5, 5.41) is 27.3. The molecule has 0 spiro atoms. The molecule has 5 nitrogen and oxygen atoms in total. The predicted molar refractivity (Wildman–Crippen MR) is 60.2 cm³/mol. The van der Waals surface area contributed by atoms with E-state index in [2.05, 4.69) is 0 Å². The lowest BCUT2D eigenvalue weighted by molar-refractivity contribution is -0.138. The molecule has 5 heteroatoms. The number of aliphatic hydroxyl groups is 3. The predicted octanol–water partition coefficient (Wildman–Crippen LogP) is -0.515. The zero-order valence-corrected chi connectivity index (χ0v) is 9.27. The van der Waals surface area contributed by atoms with Gasteiger partial charge in [0.05, 0.1) is 13.2 Å². The molecule has 0 unspecified atom stereocenters. The molecule has 1 aromatic rings. The maximum atomic E-state index is 10.7. The first-order chi connectivity index (χ1) is 8.19. The third kappa shape index (κ3) is 4.24. The second kappa shape index (κ2) is 7.13. The molecule has 0 radical (unpaired) electrons. The van der Waals surface area contributed by atoms with Gasteiger partial charge in [0.2, 0.25) is 0 Å². The SMILES string of the molecule is O=C[C@H](OCc1ccccc1)[C@H](O)[C@H](O)CO. The number of carbonyl (C=O) groups is 1. The molecule has 1 rings (SSSR count). The van der Waals surface area contributed by atoms with Crippen molar-refractivity contribution >= 4 is 6.29 Å². The molecule has 0 aromatic heterocycles. The van der Waals surface area contributed by atoms with Crippen molar-refractivity contribution in [3.63, 3.8) is 0 Å². The first-order valence-electron chi connectivity index (χ1n) is 5.27. The molecular formula is C12H16O5. The third-order valence-corrected chi connectivity index (χ3v) is 2.34. The number of ether oxygens (including phenoxy) is 1. The average Bonchev–Trinajstić information content (AvgIpc) is 2.39. The first kappa shape index (κ1) is 13.8. The van der Waals surface area contributed by atoms with Gasteiger partial charge < -0.3 is 24.9 Å². The number of aldehydes is 1. The van der Waals surface area contributed by atoms with Gasteiger partial charge in [-0.1, -0.05) is 30.3 Å². The Hall–Kier alpha value is -1.27. The van der Waals surface area contributed by atoms with Crippen LogP contribution in [-0.4, -0.2) is 46.5 Å². The van der Waals surface area contributed by atoms with Crippen molar-refractivity contribution in [3.8, 4) is 0 Å². The van der Waals surface area contributed by atoms with Crippen LogP contribution in [0.15, 0.2) is 30.3 Å². The van der Waals surface area contributed by atoms with Crippen molar-refractivity contribution in [3.05, 3.63) is 35.9 Å². The van der Waals surface area contributed by atoms with Crippen LogP contribution in [0, 0.1) is 0 Å². The fourth-order valence-corrected chi connectivity index (χ4v) is 1.31. The van der Waals surface area contributed by atoms with Crippen LogP contribution in [0.5, 0.6) is 0 Å². The van der Waals surface area contributed by atoms with Crippen LogP contribution < -0.4 is 0 Å². The number of aliphatic hydroxyl groups excluding tert-OH is 3. The summed E-state index contributed by atoms with van der Waals surface area (Å²) >= 11 is 0. The van der Waals surface area contributed by atoms with E-state index in [1.165, 1.54) is 0 Å². The van der Waals surface area contributed by atoms with E-state index in [1.54, 1.807) is 0 Å². The lowest BCUT2D eigenvalue weighted by Crippen LogP contribution is -2.41. The Balaban J connectivity index is 2.50. The first-order valence-corrected chi connectivity index (χ1v) is 5.27. The van der Waals surface area contributed by atoms with Crippen molar-refractivity contribution in [2.75, 3.05) is 6.61 Å². The summed E-state index contributed by atoms with van der Waals surface area (Å²) in [6.07, 6.45) is -3.56. The van der Waals surface area contributed by atoms with Gasteiger partial charge in [-0.25, -0.2) is 0 Å². The van der Waals surface area contributed by atoms with Gasteiger partial charge in [0.25, 0.3) is 0 Å². The summed E-state index contributed by atoms with van der Waals surface area (Å²) in [6.45, 7) is -0.473. The second-order valence-corrected chi connectivity index (χ2v) is 3.64. The third-order valence-electron chi connectivity index (χ3n) is 2.34. The average molecular weight is 240 g/mol. The van der Waals surface area contributed by atoms with Crippen LogP contribution >= 0.6 is 0 Å². The van der Waals surface area contributed by atoms with E-state index in [4.69, 9.17) is 9.84 Å². The molecule has 1 aromatic carbocycles. The van der Waals surface area contributed by atoms with Gasteiger partial charge in [-0.2, -0.15) is 0 Å². The monoisotopic (exact) mass is 240 g/mol. The highest BCUT2D eigenvalue weighted by Crippen LogP contribution is 2.07. The highest BCUT2D eigenvalue weighted by molar-refractivity contribution is 5.57. The minimum Gasteiger partial charge on any atom is -0.394 e. The lowest BCUT2D eigenvalue weighted by atomic mass is 10.1. The van der Waals surface area contributed by atoms with Gasteiger partial charge >= 0.3 is 0 Å². The fourth-order valence-electron chi connectivity index (χ4n) is 1.31. The van der Waals surface area contributed by atoms with Gasteiger partial charge in [-0.05, 0) is 5.56 Å². The van der Waals surface area contributed by atoms with Crippen molar-refractivity contribution in [2.24, 2.45) is 0 Å². The molecule has 3 atom stereocenters. The zero-order chi connectivity index (χ0) is 12.7. The fraction of sp³-hybridized carbons (Fsp3) is 0.417.